The fraction of sp³-hybridized carbons (Fsp3) is 0.417. The van der Waals surface area contributed by atoms with E-state index in [4.69, 9.17) is 11.6 Å². The zero-order valence-corrected chi connectivity index (χ0v) is 21.6. The Bertz CT molecular complexity index is 1130. The average molecular weight is 512 g/mol. The summed E-state index contributed by atoms with van der Waals surface area (Å²) in [6.07, 6.45) is 1.67. The van der Waals surface area contributed by atoms with Crippen molar-refractivity contribution in [3.05, 3.63) is 64.4 Å². The van der Waals surface area contributed by atoms with Gasteiger partial charge in [0, 0.05) is 12.6 Å². The molecule has 0 aliphatic heterocycles. The van der Waals surface area contributed by atoms with Crippen LogP contribution in [-0.4, -0.2) is 50.0 Å². The van der Waals surface area contributed by atoms with Crippen LogP contribution in [0.1, 0.15) is 38.3 Å². The topological polar surface area (TPSA) is 86.8 Å². The van der Waals surface area contributed by atoms with Gasteiger partial charge >= 0.3 is 0 Å². The van der Waals surface area contributed by atoms with Gasteiger partial charge in [0.2, 0.25) is 21.8 Å². The first kappa shape index (κ1) is 27.6. The first-order valence-corrected chi connectivity index (χ1v) is 13.1. The van der Waals surface area contributed by atoms with E-state index in [0.29, 0.717) is 0 Å². The van der Waals surface area contributed by atoms with Gasteiger partial charge in [-0.25, -0.2) is 12.8 Å². The van der Waals surface area contributed by atoms with E-state index in [0.717, 1.165) is 40.2 Å². The zero-order valence-electron chi connectivity index (χ0n) is 20.0. The highest BCUT2D eigenvalue weighted by atomic mass is 35.5. The summed E-state index contributed by atoms with van der Waals surface area (Å²) < 4.78 is 39.5. The molecule has 0 unspecified atom stereocenters. The highest BCUT2D eigenvalue weighted by molar-refractivity contribution is 7.92. The van der Waals surface area contributed by atoms with Gasteiger partial charge < -0.3 is 10.2 Å². The Kier molecular flexibility index (Phi) is 9.46. The third-order valence-corrected chi connectivity index (χ3v) is 6.94. The van der Waals surface area contributed by atoms with Gasteiger partial charge in [-0.05, 0) is 51.0 Å². The second kappa shape index (κ2) is 11.7. The Balaban J connectivity index is 2.39. The van der Waals surface area contributed by atoms with Crippen LogP contribution >= 0.6 is 11.6 Å². The summed E-state index contributed by atoms with van der Waals surface area (Å²) in [4.78, 5) is 27.6. The van der Waals surface area contributed by atoms with Crippen LogP contribution in [0.15, 0.2) is 42.5 Å². The van der Waals surface area contributed by atoms with Gasteiger partial charge in [-0.3, -0.25) is 13.9 Å². The van der Waals surface area contributed by atoms with Crippen LogP contribution in [0.2, 0.25) is 5.02 Å². The number of amides is 2. The van der Waals surface area contributed by atoms with Crippen molar-refractivity contribution in [3.63, 3.8) is 0 Å². The lowest BCUT2D eigenvalue weighted by Crippen LogP contribution is -2.52. The van der Waals surface area contributed by atoms with Crippen LogP contribution in [0, 0.1) is 12.7 Å². The highest BCUT2D eigenvalue weighted by Crippen LogP contribution is 2.25. The minimum absolute atomic E-state index is 0.0502. The smallest absolute Gasteiger partial charge is 0.244 e. The van der Waals surface area contributed by atoms with Crippen LogP contribution in [0.4, 0.5) is 10.1 Å². The number of halogens is 2. The molecule has 0 heterocycles. The first-order chi connectivity index (χ1) is 15.8. The maximum absolute atomic E-state index is 13.6. The molecule has 0 bridgehead atoms. The fourth-order valence-corrected chi connectivity index (χ4v) is 4.21. The highest BCUT2D eigenvalue weighted by Gasteiger charge is 2.30. The largest absolute Gasteiger partial charge is 0.352 e. The minimum Gasteiger partial charge on any atom is -0.352 e. The maximum Gasteiger partial charge on any atom is 0.244 e. The molecular formula is C24H31ClFN3O4S. The molecule has 2 atom stereocenters. The van der Waals surface area contributed by atoms with E-state index in [9.17, 15) is 22.4 Å². The molecule has 2 aromatic carbocycles. The van der Waals surface area contributed by atoms with Crippen LogP contribution in [0.5, 0.6) is 0 Å². The monoisotopic (exact) mass is 511 g/mol. The van der Waals surface area contributed by atoms with E-state index >= 15 is 0 Å². The van der Waals surface area contributed by atoms with Gasteiger partial charge in [-0.15, -0.1) is 0 Å². The number of carbonyl (C=O) groups excluding carboxylic acids is 2. The lowest BCUT2D eigenvalue weighted by Gasteiger charge is -2.32. The standard InChI is InChI=1S/C24H31ClFN3O4S/c1-6-17(3)27-24(31)18(4)28(14-19-9-7-16(2)8-10-19)23(30)15-29(34(5,32)33)20-11-12-22(26)21(25)13-20/h7-13,17-18H,6,14-15H2,1-5H3,(H,27,31)/t17-,18+/m0/s1. The third kappa shape index (κ3) is 7.43. The van der Waals surface area contributed by atoms with Crippen molar-refractivity contribution in [2.45, 2.75) is 52.7 Å². The molecule has 0 aliphatic rings. The number of nitrogens with zero attached hydrogens (tertiary/aromatic N) is 2. The fourth-order valence-electron chi connectivity index (χ4n) is 3.19. The normalized spacial score (nSPS) is 13.1. The molecule has 10 heteroatoms. The molecule has 186 valence electrons. The lowest BCUT2D eigenvalue weighted by molar-refractivity contribution is -0.139. The zero-order chi connectivity index (χ0) is 25.6. The number of rotatable bonds is 10. The molecule has 34 heavy (non-hydrogen) atoms. The number of hydrogen-bond acceptors (Lipinski definition) is 4. The SMILES string of the molecule is CC[C@H](C)NC(=O)[C@@H](C)N(Cc1ccc(C)cc1)C(=O)CN(c1ccc(F)c(Cl)c1)S(C)(=O)=O. The van der Waals surface area contributed by atoms with E-state index in [1.54, 1.807) is 6.92 Å². The molecule has 0 spiro atoms. The Morgan fingerprint density at radius 2 is 1.74 bits per heavy atom. The quantitative estimate of drug-likeness (QED) is 0.524. The van der Waals surface area contributed by atoms with Crippen LogP contribution in [-0.2, 0) is 26.2 Å². The number of carbonyl (C=O) groups is 2. The number of nitrogens with one attached hydrogen (secondary N) is 1. The summed E-state index contributed by atoms with van der Waals surface area (Å²) in [6, 6.07) is 9.96. The Hall–Kier alpha value is -2.65. The molecule has 2 aromatic rings. The van der Waals surface area contributed by atoms with Gasteiger partial charge in [-0.2, -0.15) is 0 Å². The second-order valence-electron chi connectivity index (χ2n) is 8.37. The van der Waals surface area contributed by atoms with Gasteiger partial charge in [0.15, 0.2) is 0 Å². The summed E-state index contributed by atoms with van der Waals surface area (Å²) in [7, 11) is -3.92. The van der Waals surface area contributed by atoms with E-state index in [2.05, 4.69) is 5.32 Å². The molecule has 0 radical (unpaired) electrons. The van der Waals surface area contributed by atoms with E-state index in [1.807, 2.05) is 45.0 Å². The number of anilines is 1. The van der Waals surface area contributed by atoms with Crippen LogP contribution < -0.4 is 9.62 Å². The van der Waals surface area contributed by atoms with Gasteiger partial charge in [0.1, 0.15) is 18.4 Å². The number of aryl methyl sites for hydroxylation is 1. The molecule has 0 fully saturated rings. The molecule has 0 aromatic heterocycles. The summed E-state index contributed by atoms with van der Waals surface area (Å²) in [6.45, 7) is 6.86. The molecular weight excluding hydrogens is 481 g/mol. The Morgan fingerprint density at radius 1 is 1.12 bits per heavy atom. The van der Waals surface area contributed by atoms with E-state index < -0.39 is 34.3 Å². The molecule has 2 rings (SSSR count). The Labute approximate surface area is 205 Å². The predicted molar refractivity (Wildman–Crippen MR) is 133 cm³/mol. The number of sulfonamides is 1. The van der Waals surface area contributed by atoms with Crippen molar-refractivity contribution in [1.82, 2.24) is 10.2 Å². The van der Waals surface area contributed by atoms with Gasteiger partial charge in [-0.1, -0.05) is 48.4 Å². The van der Waals surface area contributed by atoms with Gasteiger partial charge in [0.05, 0.1) is 17.0 Å². The summed E-state index contributed by atoms with van der Waals surface area (Å²) in [5, 5.41) is 2.60. The molecule has 1 N–H and O–H groups in total. The van der Waals surface area contributed by atoms with Crippen molar-refractivity contribution < 1.29 is 22.4 Å². The first-order valence-electron chi connectivity index (χ1n) is 10.9. The van der Waals surface area contributed by atoms with Crippen molar-refractivity contribution in [2.75, 3.05) is 17.1 Å². The van der Waals surface area contributed by atoms with Crippen molar-refractivity contribution in [2.24, 2.45) is 0 Å². The minimum atomic E-state index is -3.92. The van der Waals surface area contributed by atoms with Crippen LogP contribution in [0.25, 0.3) is 0 Å². The summed E-state index contributed by atoms with van der Waals surface area (Å²) in [5.41, 5.74) is 1.88. The molecule has 0 aliphatic carbocycles. The molecule has 0 saturated carbocycles. The number of hydrogen-bond donors (Lipinski definition) is 1. The Morgan fingerprint density at radius 3 is 2.26 bits per heavy atom. The van der Waals surface area contributed by atoms with Crippen LogP contribution in [0.3, 0.4) is 0 Å². The summed E-state index contributed by atoms with van der Waals surface area (Å²) >= 11 is 5.84. The average Bonchev–Trinajstić information content (AvgIpc) is 2.77. The third-order valence-electron chi connectivity index (χ3n) is 5.51. The van der Waals surface area contributed by atoms with E-state index in [-0.39, 0.29) is 29.2 Å². The van der Waals surface area contributed by atoms with E-state index in [1.165, 1.54) is 11.0 Å². The van der Waals surface area contributed by atoms with Crippen molar-refractivity contribution in [1.29, 1.82) is 0 Å². The predicted octanol–water partition coefficient (Wildman–Crippen LogP) is 3.89. The van der Waals surface area contributed by atoms with Crippen molar-refractivity contribution >= 4 is 39.1 Å². The summed E-state index contributed by atoms with van der Waals surface area (Å²) in [5.74, 6) is -1.63. The lowest BCUT2D eigenvalue weighted by atomic mass is 10.1. The molecule has 2 amide bonds. The molecule has 0 saturated heterocycles. The molecule has 7 nitrogen and oxygen atoms in total. The maximum atomic E-state index is 13.6. The van der Waals surface area contributed by atoms with Gasteiger partial charge in [0.25, 0.3) is 0 Å². The van der Waals surface area contributed by atoms with Crippen molar-refractivity contribution in [3.8, 4) is 0 Å². The number of benzene rings is 2. The second-order valence-corrected chi connectivity index (χ2v) is 10.7.